The Hall–Kier alpha value is -3.29. The summed E-state index contributed by atoms with van der Waals surface area (Å²) < 4.78 is 29.6. The summed E-state index contributed by atoms with van der Waals surface area (Å²) in [6.07, 6.45) is -0.407. The van der Waals surface area contributed by atoms with Crippen molar-refractivity contribution < 1.29 is 18.1 Å². The third-order valence-corrected chi connectivity index (χ3v) is 6.78. The fourth-order valence-electron chi connectivity index (χ4n) is 4.24. The largest absolute Gasteiger partial charge is 0.377 e. The van der Waals surface area contributed by atoms with Gasteiger partial charge in [-0.3, -0.25) is 9.45 Å². The van der Waals surface area contributed by atoms with E-state index in [1.807, 2.05) is 25.1 Å². The molecule has 1 aliphatic rings. The van der Waals surface area contributed by atoms with Crippen molar-refractivity contribution in [3.8, 4) is 0 Å². The molecule has 4 aromatic rings. The molecule has 2 N–H and O–H groups in total. The van der Waals surface area contributed by atoms with Crippen LogP contribution in [0.1, 0.15) is 22.3 Å². The number of hydrogen-bond donors (Lipinski definition) is 2. The zero-order chi connectivity index (χ0) is 24.2. The second kappa shape index (κ2) is 9.91. The van der Waals surface area contributed by atoms with E-state index in [4.69, 9.17) is 4.55 Å². The second-order valence-corrected chi connectivity index (χ2v) is 9.65. The van der Waals surface area contributed by atoms with Crippen LogP contribution in [-0.2, 0) is 15.7 Å². The standard InChI is InChI=1S/C21H19NO.C7H8O3S/c23-20-16-22(20)21(17-10-4-1-5-11-17,18-12-6-2-7-13-18)19-14-8-3-9-15-19;1-6-2-4-7(5-3-6)11(8,9)10/h1-15,20,23H,16H2;2-5H,1H3,(H,8,9,10). The van der Waals surface area contributed by atoms with Gasteiger partial charge in [-0.05, 0) is 35.7 Å². The SMILES string of the molecule is Cc1ccc(S(=O)(=O)O)cc1.OC1CN1C(c1ccccc1)(c1ccccc1)c1ccccc1. The number of aliphatic hydroxyl groups excluding tert-OH is 1. The van der Waals surface area contributed by atoms with Crippen molar-refractivity contribution in [3.05, 3.63) is 138 Å². The van der Waals surface area contributed by atoms with Gasteiger partial charge >= 0.3 is 0 Å². The van der Waals surface area contributed by atoms with Gasteiger partial charge in [0.2, 0.25) is 0 Å². The van der Waals surface area contributed by atoms with Crippen LogP contribution < -0.4 is 0 Å². The smallest absolute Gasteiger partial charge is 0.294 e. The fraction of sp³-hybridized carbons (Fsp3) is 0.143. The van der Waals surface area contributed by atoms with Gasteiger partial charge in [-0.25, -0.2) is 0 Å². The number of aliphatic hydroxyl groups is 1. The number of β-amino-alcohol motifs (C(OH)–C–C–N with tert-alkyl or cyclic N) is 1. The Bertz CT molecular complexity index is 1210. The highest BCUT2D eigenvalue weighted by Gasteiger charge is 2.52. The topological polar surface area (TPSA) is 77.6 Å². The third-order valence-electron chi connectivity index (χ3n) is 5.91. The van der Waals surface area contributed by atoms with Crippen molar-refractivity contribution in [2.75, 3.05) is 6.54 Å². The monoisotopic (exact) mass is 473 g/mol. The average molecular weight is 474 g/mol. The average Bonchev–Trinajstić information content (AvgIpc) is 3.58. The zero-order valence-corrected chi connectivity index (χ0v) is 19.6. The van der Waals surface area contributed by atoms with Crippen LogP contribution in [0.3, 0.4) is 0 Å². The van der Waals surface area contributed by atoms with Gasteiger partial charge in [0.1, 0.15) is 6.23 Å². The van der Waals surface area contributed by atoms with Crippen molar-refractivity contribution in [1.29, 1.82) is 0 Å². The summed E-state index contributed by atoms with van der Waals surface area (Å²) in [6, 6.07) is 37.3. The first kappa shape index (κ1) is 23.9. The van der Waals surface area contributed by atoms with Crippen LogP contribution in [0.2, 0.25) is 0 Å². The highest BCUT2D eigenvalue weighted by molar-refractivity contribution is 7.85. The molecular formula is C28H27NO4S. The van der Waals surface area contributed by atoms with Gasteiger partial charge in [-0.2, -0.15) is 8.42 Å². The fourth-order valence-corrected chi connectivity index (χ4v) is 4.72. The molecule has 0 aliphatic carbocycles. The molecule has 1 aliphatic heterocycles. The molecule has 5 nitrogen and oxygen atoms in total. The van der Waals surface area contributed by atoms with E-state index in [2.05, 4.69) is 77.7 Å². The normalized spacial score (nSPS) is 17.4. The number of nitrogens with zero attached hydrogens (tertiary/aromatic N) is 1. The number of rotatable bonds is 5. The van der Waals surface area contributed by atoms with Gasteiger partial charge in [0.15, 0.2) is 0 Å². The molecule has 5 rings (SSSR count). The van der Waals surface area contributed by atoms with E-state index in [0.717, 1.165) is 5.56 Å². The predicted molar refractivity (Wildman–Crippen MR) is 133 cm³/mol. The molecule has 174 valence electrons. The molecule has 6 heteroatoms. The van der Waals surface area contributed by atoms with Crippen molar-refractivity contribution in [1.82, 2.24) is 4.90 Å². The summed E-state index contributed by atoms with van der Waals surface area (Å²) in [6.45, 7) is 2.52. The van der Waals surface area contributed by atoms with Gasteiger partial charge in [0, 0.05) is 6.54 Å². The quantitative estimate of drug-likeness (QED) is 0.246. The minimum Gasteiger partial charge on any atom is -0.377 e. The number of hydrogen-bond acceptors (Lipinski definition) is 4. The van der Waals surface area contributed by atoms with Crippen LogP contribution in [-0.4, -0.2) is 35.7 Å². The van der Waals surface area contributed by atoms with Gasteiger partial charge in [-0.15, -0.1) is 0 Å². The molecule has 0 radical (unpaired) electrons. The van der Waals surface area contributed by atoms with E-state index in [1.54, 1.807) is 12.1 Å². The molecule has 1 fully saturated rings. The lowest BCUT2D eigenvalue weighted by atomic mass is 9.77. The van der Waals surface area contributed by atoms with Crippen molar-refractivity contribution in [2.45, 2.75) is 23.6 Å². The maximum Gasteiger partial charge on any atom is 0.294 e. The Kier molecular flexibility index (Phi) is 6.95. The van der Waals surface area contributed by atoms with Gasteiger partial charge in [0.25, 0.3) is 10.1 Å². The molecule has 2 unspecified atom stereocenters. The molecule has 0 amide bonds. The molecule has 1 saturated heterocycles. The van der Waals surface area contributed by atoms with Gasteiger partial charge in [-0.1, -0.05) is 109 Å². The zero-order valence-electron chi connectivity index (χ0n) is 18.8. The molecule has 0 bridgehead atoms. The Morgan fingerprint density at radius 3 is 1.35 bits per heavy atom. The first-order chi connectivity index (χ1) is 16.3. The minimum atomic E-state index is -4.02. The Morgan fingerprint density at radius 1 is 0.706 bits per heavy atom. The summed E-state index contributed by atoms with van der Waals surface area (Å²) in [7, 11) is -4.02. The molecule has 2 atom stereocenters. The third kappa shape index (κ3) is 4.95. The van der Waals surface area contributed by atoms with E-state index in [0.29, 0.717) is 6.54 Å². The number of benzene rings is 4. The highest BCUT2D eigenvalue weighted by Crippen LogP contribution is 2.47. The molecule has 1 heterocycles. The van der Waals surface area contributed by atoms with E-state index in [9.17, 15) is 13.5 Å². The van der Waals surface area contributed by atoms with E-state index in [1.165, 1.54) is 28.8 Å². The molecular weight excluding hydrogens is 446 g/mol. The molecule has 34 heavy (non-hydrogen) atoms. The Balaban J connectivity index is 0.000000210. The van der Waals surface area contributed by atoms with Crippen LogP contribution in [0.5, 0.6) is 0 Å². The predicted octanol–water partition coefficient (Wildman–Crippen LogP) is 4.85. The molecule has 0 spiro atoms. The molecule has 0 saturated carbocycles. The van der Waals surface area contributed by atoms with Crippen LogP contribution in [0, 0.1) is 6.92 Å². The van der Waals surface area contributed by atoms with Gasteiger partial charge < -0.3 is 5.11 Å². The highest BCUT2D eigenvalue weighted by atomic mass is 32.2. The lowest BCUT2D eigenvalue weighted by molar-refractivity contribution is 0.164. The molecule has 0 aromatic heterocycles. The Labute approximate surface area is 200 Å². The van der Waals surface area contributed by atoms with Crippen molar-refractivity contribution in [3.63, 3.8) is 0 Å². The van der Waals surface area contributed by atoms with E-state index in [-0.39, 0.29) is 4.90 Å². The first-order valence-electron chi connectivity index (χ1n) is 11.0. The van der Waals surface area contributed by atoms with E-state index < -0.39 is 21.9 Å². The minimum absolute atomic E-state index is 0.0666. The lowest BCUT2D eigenvalue weighted by Gasteiger charge is -2.37. The van der Waals surface area contributed by atoms with Crippen LogP contribution in [0.15, 0.2) is 120 Å². The maximum atomic E-state index is 10.5. The summed E-state index contributed by atoms with van der Waals surface area (Å²) in [5, 5.41) is 10.3. The summed E-state index contributed by atoms with van der Waals surface area (Å²) in [4.78, 5) is 2.08. The summed E-state index contributed by atoms with van der Waals surface area (Å²) >= 11 is 0. The second-order valence-electron chi connectivity index (χ2n) is 8.23. The van der Waals surface area contributed by atoms with Crippen LogP contribution in [0.4, 0.5) is 0 Å². The molecule has 4 aromatic carbocycles. The van der Waals surface area contributed by atoms with Gasteiger partial charge in [0.05, 0.1) is 10.4 Å². The van der Waals surface area contributed by atoms with E-state index >= 15 is 0 Å². The van der Waals surface area contributed by atoms with Crippen LogP contribution >= 0.6 is 0 Å². The van der Waals surface area contributed by atoms with Crippen molar-refractivity contribution in [2.24, 2.45) is 0 Å². The van der Waals surface area contributed by atoms with Crippen molar-refractivity contribution >= 4 is 10.1 Å². The van der Waals surface area contributed by atoms with Crippen LogP contribution in [0.25, 0.3) is 0 Å². The maximum absolute atomic E-state index is 10.5. The number of aryl methyl sites for hydroxylation is 1. The first-order valence-corrected chi connectivity index (χ1v) is 12.4. The Morgan fingerprint density at radius 2 is 1.06 bits per heavy atom. The summed E-state index contributed by atoms with van der Waals surface area (Å²) in [5.41, 5.74) is 4.03. The lowest BCUT2D eigenvalue weighted by Crippen LogP contribution is -2.39. The summed E-state index contributed by atoms with van der Waals surface area (Å²) in [5.74, 6) is 0.